The fraction of sp³-hybridized carbons (Fsp3) is 0.133. The second-order valence-electron chi connectivity index (χ2n) is 5.04. The summed E-state index contributed by atoms with van der Waals surface area (Å²) in [5, 5.41) is 8.60. The van der Waals surface area contributed by atoms with Gasteiger partial charge in [0, 0.05) is 5.69 Å². The summed E-state index contributed by atoms with van der Waals surface area (Å²) in [5.74, 6) is -1.32. The molecule has 0 spiro atoms. The van der Waals surface area contributed by atoms with Crippen molar-refractivity contribution in [1.82, 2.24) is 0 Å². The van der Waals surface area contributed by atoms with Gasteiger partial charge in [-0.3, -0.25) is 4.72 Å². The molecule has 0 fully saturated rings. The zero-order chi connectivity index (χ0) is 18.8. The van der Waals surface area contributed by atoms with Crippen molar-refractivity contribution < 1.29 is 31.5 Å². The van der Waals surface area contributed by atoms with E-state index in [1.165, 1.54) is 18.2 Å². The first-order chi connectivity index (χ1) is 11.5. The molecule has 0 aliphatic heterocycles. The van der Waals surface area contributed by atoms with Crippen LogP contribution in [0.25, 0.3) is 0 Å². The summed E-state index contributed by atoms with van der Waals surface area (Å²) >= 11 is 5.73. The van der Waals surface area contributed by atoms with E-state index in [2.05, 4.69) is 4.72 Å². The first kappa shape index (κ1) is 19.1. The maximum absolute atomic E-state index is 12.4. The third-order valence-electron chi connectivity index (χ3n) is 3.07. The summed E-state index contributed by atoms with van der Waals surface area (Å²) in [6.45, 7) is 0. The normalized spacial score (nSPS) is 12.0. The van der Waals surface area contributed by atoms with Gasteiger partial charge in [0.25, 0.3) is 10.0 Å². The summed E-state index contributed by atoms with van der Waals surface area (Å²) < 4.78 is 64.0. The van der Waals surface area contributed by atoms with Gasteiger partial charge in [-0.25, -0.2) is 13.2 Å². The second kappa shape index (κ2) is 6.93. The van der Waals surface area contributed by atoms with Gasteiger partial charge in [-0.05, 0) is 35.9 Å². The van der Waals surface area contributed by atoms with E-state index in [0.29, 0.717) is 0 Å². The first-order valence-corrected chi connectivity index (χ1v) is 8.55. The van der Waals surface area contributed by atoms with Crippen LogP contribution in [0.15, 0.2) is 47.4 Å². The number of alkyl halides is 3. The minimum absolute atomic E-state index is 0.0554. The second-order valence-corrected chi connectivity index (χ2v) is 7.13. The molecule has 0 saturated carbocycles. The molecule has 2 aromatic rings. The Hall–Kier alpha value is -2.26. The van der Waals surface area contributed by atoms with Crippen molar-refractivity contribution in [2.24, 2.45) is 0 Å². The van der Waals surface area contributed by atoms with Gasteiger partial charge >= 0.3 is 12.1 Å². The van der Waals surface area contributed by atoms with E-state index in [-0.39, 0.29) is 26.7 Å². The van der Waals surface area contributed by atoms with Gasteiger partial charge < -0.3 is 5.11 Å². The third-order valence-corrected chi connectivity index (χ3v) is 4.76. The molecule has 2 aromatic carbocycles. The number of aromatic carboxylic acids is 1. The van der Waals surface area contributed by atoms with Crippen molar-refractivity contribution in [3.05, 3.63) is 58.6 Å². The zero-order valence-corrected chi connectivity index (χ0v) is 13.9. The maximum atomic E-state index is 12.4. The molecule has 0 unspecified atom stereocenters. The van der Waals surface area contributed by atoms with Crippen molar-refractivity contribution >= 4 is 33.3 Å². The quantitative estimate of drug-likeness (QED) is 0.805. The number of nitrogens with one attached hydrogen (secondary N) is 1. The maximum Gasteiger partial charge on any atom is 0.393 e. The number of sulfonamides is 1. The van der Waals surface area contributed by atoms with Crippen LogP contribution in [0.1, 0.15) is 15.9 Å². The van der Waals surface area contributed by atoms with E-state index in [9.17, 15) is 26.4 Å². The summed E-state index contributed by atoms with van der Waals surface area (Å²) in [5.41, 5.74) is -0.431. The molecule has 0 heterocycles. The average molecular weight is 394 g/mol. The molecular weight excluding hydrogens is 383 g/mol. The molecule has 0 aliphatic carbocycles. The number of anilines is 1. The standard InChI is InChI=1S/C15H11ClF3NO4S/c16-13-7-11(4-5-12(13)14(21)22)25(23,24)20-10-3-1-2-9(6-10)8-15(17,18)19/h1-7,20H,8H2,(H,21,22). The van der Waals surface area contributed by atoms with Crippen LogP contribution in [-0.4, -0.2) is 25.7 Å². The summed E-state index contributed by atoms with van der Waals surface area (Å²) in [6, 6.07) is 7.90. The van der Waals surface area contributed by atoms with Gasteiger partial charge in [-0.15, -0.1) is 0 Å². The van der Waals surface area contributed by atoms with E-state index in [0.717, 1.165) is 24.3 Å². The number of carboxylic acids is 1. The van der Waals surface area contributed by atoms with Crippen LogP contribution in [0.5, 0.6) is 0 Å². The van der Waals surface area contributed by atoms with Gasteiger partial charge in [-0.1, -0.05) is 23.7 Å². The van der Waals surface area contributed by atoms with Crippen molar-refractivity contribution in [3.8, 4) is 0 Å². The Balaban J connectivity index is 2.29. The fourth-order valence-electron chi connectivity index (χ4n) is 2.03. The largest absolute Gasteiger partial charge is 0.478 e. The van der Waals surface area contributed by atoms with E-state index >= 15 is 0 Å². The number of rotatable bonds is 5. The van der Waals surface area contributed by atoms with Gasteiger partial charge in [-0.2, -0.15) is 13.2 Å². The van der Waals surface area contributed by atoms with Crippen molar-refractivity contribution in [2.45, 2.75) is 17.5 Å². The topological polar surface area (TPSA) is 83.5 Å². The van der Waals surface area contributed by atoms with Crippen LogP contribution >= 0.6 is 11.6 Å². The van der Waals surface area contributed by atoms with Gasteiger partial charge in [0.2, 0.25) is 0 Å². The van der Waals surface area contributed by atoms with Gasteiger partial charge in [0.15, 0.2) is 0 Å². The Labute approximate surface area is 146 Å². The molecule has 0 aromatic heterocycles. The molecule has 0 saturated heterocycles. The molecule has 2 N–H and O–H groups in total. The summed E-state index contributed by atoms with van der Waals surface area (Å²) in [6.07, 6.45) is -5.61. The number of benzene rings is 2. The van der Waals surface area contributed by atoms with Crippen LogP contribution in [0.3, 0.4) is 0 Å². The zero-order valence-electron chi connectivity index (χ0n) is 12.3. The number of hydrogen-bond acceptors (Lipinski definition) is 3. The Morgan fingerprint density at radius 2 is 1.84 bits per heavy atom. The average Bonchev–Trinajstić information content (AvgIpc) is 2.44. The highest BCUT2D eigenvalue weighted by atomic mass is 35.5. The van der Waals surface area contributed by atoms with Gasteiger partial charge in [0.05, 0.1) is 21.9 Å². The molecule has 5 nitrogen and oxygen atoms in total. The van der Waals surface area contributed by atoms with Crippen LogP contribution in [0.4, 0.5) is 18.9 Å². The molecule has 0 radical (unpaired) electrons. The summed E-state index contributed by atoms with van der Waals surface area (Å²) in [4.78, 5) is 10.6. The Bertz CT molecular complexity index is 913. The molecule has 25 heavy (non-hydrogen) atoms. The molecule has 10 heteroatoms. The van der Waals surface area contributed by atoms with Gasteiger partial charge in [0.1, 0.15) is 0 Å². The lowest BCUT2D eigenvalue weighted by molar-refractivity contribution is -0.127. The molecular formula is C15H11ClF3NO4S. The van der Waals surface area contributed by atoms with Crippen molar-refractivity contribution in [1.29, 1.82) is 0 Å². The number of halogens is 4. The minimum atomic E-state index is -4.42. The summed E-state index contributed by atoms with van der Waals surface area (Å²) in [7, 11) is -4.15. The highest BCUT2D eigenvalue weighted by Crippen LogP contribution is 2.25. The van der Waals surface area contributed by atoms with E-state index in [1.54, 1.807) is 0 Å². The van der Waals surface area contributed by atoms with Crippen molar-refractivity contribution in [2.75, 3.05) is 4.72 Å². The van der Waals surface area contributed by atoms with Crippen LogP contribution < -0.4 is 4.72 Å². The Morgan fingerprint density at radius 1 is 1.16 bits per heavy atom. The third kappa shape index (κ3) is 5.10. The molecule has 0 aliphatic rings. The van der Waals surface area contributed by atoms with E-state index in [4.69, 9.17) is 16.7 Å². The highest BCUT2D eigenvalue weighted by Gasteiger charge is 2.27. The SMILES string of the molecule is O=C(O)c1ccc(S(=O)(=O)Nc2cccc(CC(F)(F)F)c2)cc1Cl. The smallest absolute Gasteiger partial charge is 0.393 e. The molecule has 2 rings (SSSR count). The fourth-order valence-corrected chi connectivity index (χ4v) is 3.43. The highest BCUT2D eigenvalue weighted by molar-refractivity contribution is 7.92. The molecule has 0 bridgehead atoms. The first-order valence-electron chi connectivity index (χ1n) is 6.69. The van der Waals surface area contributed by atoms with Crippen LogP contribution in [0, 0.1) is 0 Å². The lowest BCUT2D eigenvalue weighted by Crippen LogP contribution is -2.15. The molecule has 0 atom stereocenters. The Morgan fingerprint density at radius 3 is 2.40 bits per heavy atom. The number of carboxylic acid groups (broad SMARTS) is 1. The van der Waals surface area contributed by atoms with Crippen LogP contribution in [-0.2, 0) is 16.4 Å². The molecule has 0 amide bonds. The molecule has 134 valence electrons. The minimum Gasteiger partial charge on any atom is -0.478 e. The lowest BCUT2D eigenvalue weighted by atomic mass is 10.1. The lowest BCUT2D eigenvalue weighted by Gasteiger charge is -2.11. The number of hydrogen-bond donors (Lipinski definition) is 2. The predicted octanol–water partition coefficient (Wildman–Crippen LogP) is 3.94. The Kier molecular flexibility index (Phi) is 5.28. The predicted molar refractivity (Wildman–Crippen MR) is 85.4 cm³/mol. The van der Waals surface area contributed by atoms with E-state index in [1.807, 2.05) is 0 Å². The van der Waals surface area contributed by atoms with Crippen LogP contribution in [0.2, 0.25) is 5.02 Å². The van der Waals surface area contributed by atoms with Crippen molar-refractivity contribution in [3.63, 3.8) is 0 Å². The monoisotopic (exact) mass is 393 g/mol. The number of carbonyl (C=O) groups is 1. The van der Waals surface area contributed by atoms with E-state index < -0.39 is 28.6 Å².